The minimum Gasteiger partial charge on any atom is -0.356 e. The molecule has 1 aromatic rings. The van der Waals surface area contributed by atoms with E-state index in [0.29, 0.717) is 18.0 Å². The molecule has 0 spiro atoms. The Labute approximate surface area is 124 Å². The van der Waals surface area contributed by atoms with E-state index >= 15 is 0 Å². The normalized spacial score (nSPS) is 10.2. The summed E-state index contributed by atoms with van der Waals surface area (Å²) >= 11 is 6.00. The smallest absolute Gasteiger partial charge is 0.224 e. The Morgan fingerprint density at radius 1 is 1.20 bits per heavy atom. The molecule has 0 radical (unpaired) electrons. The van der Waals surface area contributed by atoms with Gasteiger partial charge in [0.05, 0.1) is 0 Å². The van der Waals surface area contributed by atoms with E-state index in [4.69, 9.17) is 11.6 Å². The third kappa shape index (κ3) is 6.57. The van der Waals surface area contributed by atoms with Gasteiger partial charge in [-0.3, -0.25) is 9.59 Å². The van der Waals surface area contributed by atoms with Gasteiger partial charge in [0.25, 0.3) is 0 Å². The van der Waals surface area contributed by atoms with Crippen LogP contribution >= 0.6 is 11.6 Å². The van der Waals surface area contributed by atoms with Gasteiger partial charge in [0.2, 0.25) is 11.8 Å². The molecule has 2 amide bonds. The summed E-state index contributed by atoms with van der Waals surface area (Å²) in [4.78, 5) is 22.4. The zero-order chi connectivity index (χ0) is 15.0. The van der Waals surface area contributed by atoms with Crippen LogP contribution in [0.15, 0.2) is 18.2 Å². The highest BCUT2D eigenvalue weighted by Crippen LogP contribution is 2.20. The summed E-state index contributed by atoms with van der Waals surface area (Å²) in [7, 11) is 0. The molecule has 110 valence electrons. The number of unbranched alkanes of at least 4 members (excludes halogenated alkanes) is 2. The quantitative estimate of drug-likeness (QED) is 0.759. The number of rotatable bonds is 7. The van der Waals surface area contributed by atoms with Crippen LogP contribution in [0.4, 0.5) is 5.69 Å². The SMILES string of the molecule is CC(=O)NCCCCCC(=O)Nc1ccc(C)c(Cl)c1. The van der Waals surface area contributed by atoms with Crippen LogP contribution in [0.25, 0.3) is 0 Å². The van der Waals surface area contributed by atoms with Gasteiger partial charge in [-0.1, -0.05) is 24.1 Å². The van der Waals surface area contributed by atoms with Gasteiger partial charge in [0.1, 0.15) is 0 Å². The van der Waals surface area contributed by atoms with E-state index in [1.807, 2.05) is 19.1 Å². The summed E-state index contributed by atoms with van der Waals surface area (Å²) < 4.78 is 0. The van der Waals surface area contributed by atoms with Crippen LogP contribution in [0.2, 0.25) is 5.02 Å². The van der Waals surface area contributed by atoms with E-state index < -0.39 is 0 Å². The fraction of sp³-hybridized carbons (Fsp3) is 0.467. The number of anilines is 1. The second kappa shape index (κ2) is 8.59. The number of nitrogens with one attached hydrogen (secondary N) is 2. The minimum atomic E-state index is -0.0148. The molecule has 1 aromatic carbocycles. The van der Waals surface area contributed by atoms with E-state index in [9.17, 15) is 9.59 Å². The Balaban J connectivity index is 2.20. The molecule has 0 bridgehead atoms. The Hall–Kier alpha value is -1.55. The maximum Gasteiger partial charge on any atom is 0.224 e. The van der Waals surface area contributed by atoms with Crippen molar-refractivity contribution in [3.8, 4) is 0 Å². The summed E-state index contributed by atoms with van der Waals surface area (Å²) in [5.74, 6) is -0.0246. The molecule has 0 aromatic heterocycles. The van der Waals surface area contributed by atoms with Crippen LogP contribution < -0.4 is 10.6 Å². The highest BCUT2D eigenvalue weighted by atomic mass is 35.5. The summed E-state index contributed by atoms with van der Waals surface area (Å²) in [5.41, 5.74) is 1.71. The first-order valence-corrected chi connectivity index (χ1v) is 7.17. The van der Waals surface area contributed by atoms with Crippen LogP contribution in [0.3, 0.4) is 0 Å². The van der Waals surface area contributed by atoms with Crippen molar-refractivity contribution >= 4 is 29.1 Å². The molecule has 0 atom stereocenters. The fourth-order valence-corrected chi connectivity index (χ4v) is 1.93. The van der Waals surface area contributed by atoms with Gasteiger partial charge >= 0.3 is 0 Å². The lowest BCUT2D eigenvalue weighted by Gasteiger charge is -2.07. The first-order chi connectivity index (χ1) is 9.49. The Morgan fingerprint density at radius 3 is 2.60 bits per heavy atom. The van der Waals surface area contributed by atoms with Gasteiger partial charge in [-0.05, 0) is 37.5 Å². The number of carbonyl (C=O) groups excluding carboxylic acids is 2. The molecular formula is C15H21ClN2O2. The van der Waals surface area contributed by atoms with Gasteiger partial charge < -0.3 is 10.6 Å². The first-order valence-electron chi connectivity index (χ1n) is 6.79. The molecule has 0 saturated carbocycles. The maximum absolute atomic E-state index is 11.7. The van der Waals surface area contributed by atoms with Crippen LogP contribution in [0.1, 0.15) is 38.2 Å². The minimum absolute atomic E-state index is 0.00977. The third-order valence-corrected chi connectivity index (χ3v) is 3.32. The van der Waals surface area contributed by atoms with Crippen molar-refractivity contribution in [3.05, 3.63) is 28.8 Å². The highest BCUT2D eigenvalue weighted by molar-refractivity contribution is 6.31. The number of halogens is 1. The molecule has 0 aliphatic heterocycles. The van der Waals surface area contributed by atoms with Gasteiger partial charge in [0.15, 0.2) is 0 Å². The largest absolute Gasteiger partial charge is 0.356 e. The van der Waals surface area contributed by atoms with Crippen molar-refractivity contribution in [1.82, 2.24) is 5.32 Å². The first kappa shape index (κ1) is 16.5. The molecule has 0 aliphatic rings. The molecular weight excluding hydrogens is 276 g/mol. The second-order valence-electron chi connectivity index (χ2n) is 4.81. The molecule has 20 heavy (non-hydrogen) atoms. The lowest BCUT2D eigenvalue weighted by atomic mass is 10.1. The average molecular weight is 297 g/mol. The number of hydrogen-bond donors (Lipinski definition) is 2. The van der Waals surface area contributed by atoms with E-state index in [0.717, 1.165) is 30.5 Å². The lowest BCUT2D eigenvalue weighted by Crippen LogP contribution is -2.20. The van der Waals surface area contributed by atoms with Crippen LogP contribution in [-0.4, -0.2) is 18.4 Å². The lowest BCUT2D eigenvalue weighted by molar-refractivity contribution is -0.119. The summed E-state index contributed by atoms with van der Waals surface area (Å²) in [6.45, 7) is 4.09. The summed E-state index contributed by atoms with van der Waals surface area (Å²) in [6.07, 6.45) is 3.10. The Morgan fingerprint density at radius 2 is 1.95 bits per heavy atom. The van der Waals surface area contributed by atoms with Crippen molar-refractivity contribution in [2.24, 2.45) is 0 Å². The van der Waals surface area contributed by atoms with Crippen molar-refractivity contribution in [3.63, 3.8) is 0 Å². The van der Waals surface area contributed by atoms with E-state index in [2.05, 4.69) is 10.6 Å². The predicted molar refractivity (Wildman–Crippen MR) is 82.0 cm³/mol. The number of amides is 2. The summed E-state index contributed by atoms with van der Waals surface area (Å²) in [6, 6.07) is 5.48. The number of carbonyl (C=O) groups is 2. The summed E-state index contributed by atoms with van der Waals surface area (Å²) in [5, 5.41) is 6.21. The molecule has 0 unspecified atom stereocenters. The maximum atomic E-state index is 11.7. The van der Waals surface area contributed by atoms with Gasteiger partial charge in [-0.15, -0.1) is 0 Å². The van der Waals surface area contributed by atoms with Crippen molar-refractivity contribution in [2.75, 3.05) is 11.9 Å². The molecule has 1 rings (SSSR count). The van der Waals surface area contributed by atoms with Gasteiger partial charge in [-0.25, -0.2) is 0 Å². The number of benzene rings is 1. The monoisotopic (exact) mass is 296 g/mol. The predicted octanol–water partition coefficient (Wildman–Crippen LogP) is 3.28. The van der Waals surface area contributed by atoms with E-state index in [-0.39, 0.29) is 11.8 Å². The molecule has 0 heterocycles. The molecule has 0 aliphatic carbocycles. The van der Waals surface area contributed by atoms with E-state index in [1.54, 1.807) is 6.07 Å². The average Bonchev–Trinajstić information content (AvgIpc) is 2.38. The zero-order valence-electron chi connectivity index (χ0n) is 12.0. The molecule has 5 heteroatoms. The van der Waals surface area contributed by atoms with E-state index in [1.165, 1.54) is 6.92 Å². The standard InChI is InChI=1S/C15H21ClN2O2/c1-11-7-8-13(10-14(11)16)18-15(20)6-4-3-5-9-17-12(2)19/h7-8,10H,3-6,9H2,1-2H3,(H,17,19)(H,18,20). The Kier molecular flexibility index (Phi) is 7.09. The van der Waals surface area contributed by atoms with Crippen LogP contribution in [0, 0.1) is 6.92 Å². The number of aryl methyl sites for hydroxylation is 1. The highest BCUT2D eigenvalue weighted by Gasteiger charge is 2.04. The van der Waals surface area contributed by atoms with Gasteiger partial charge in [-0.2, -0.15) is 0 Å². The molecule has 2 N–H and O–H groups in total. The topological polar surface area (TPSA) is 58.2 Å². The number of hydrogen-bond acceptors (Lipinski definition) is 2. The Bertz CT molecular complexity index is 475. The van der Waals surface area contributed by atoms with Crippen molar-refractivity contribution in [2.45, 2.75) is 39.5 Å². The molecule has 4 nitrogen and oxygen atoms in total. The van der Waals surface area contributed by atoms with Crippen LogP contribution in [0.5, 0.6) is 0 Å². The zero-order valence-corrected chi connectivity index (χ0v) is 12.7. The molecule has 0 fully saturated rings. The third-order valence-electron chi connectivity index (χ3n) is 2.91. The fourth-order valence-electron chi connectivity index (χ4n) is 1.75. The van der Waals surface area contributed by atoms with Crippen molar-refractivity contribution < 1.29 is 9.59 Å². The second-order valence-corrected chi connectivity index (χ2v) is 5.21. The van der Waals surface area contributed by atoms with Crippen molar-refractivity contribution in [1.29, 1.82) is 0 Å². The van der Waals surface area contributed by atoms with Gasteiger partial charge in [0, 0.05) is 30.6 Å². The molecule has 0 saturated heterocycles. The van der Waals surface area contributed by atoms with Crippen LogP contribution in [-0.2, 0) is 9.59 Å².